The van der Waals surface area contributed by atoms with Gasteiger partial charge in [-0.2, -0.15) is 0 Å². The summed E-state index contributed by atoms with van der Waals surface area (Å²) in [5, 5.41) is -0.678. The number of benzene rings is 1. The highest BCUT2D eigenvalue weighted by Crippen LogP contribution is 2.23. The summed E-state index contributed by atoms with van der Waals surface area (Å²) in [5.41, 5.74) is -1.24. The molecular weight excluding hydrogens is 323 g/mol. The third-order valence-electron chi connectivity index (χ3n) is 2.43. The number of rotatable bonds is 6. The number of halogens is 6. The van der Waals surface area contributed by atoms with E-state index in [-0.39, 0.29) is 19.3 Å². The molecule has 0 heterocycles. The molecule has 0 spiro atoms. The van der Waals surface area contributed by atoms with Gasteiger partial charge in [0.15, 0.2) is 23.3 Å². The van der Waals surface area contributed by atoms with Crippen LogP contribution < -0.4 is 0 Å². The van der Waals surface area contributed by atoms with Crippen LogP contribution in [-0.2, 0) is 20.9 Å². The summed E-state index contributed by atoms with van der Waals surface area (Å²) in [7, 11) is 0. The van der Waals surface area contributed by atoms with E-state index in [2.05, 4.69) is 4.74 Å². The Labute approximate surface area is 120 Å². The molecule has 0 atom stereocenters. The van der Waals surface area contributed by atoms with Gasteiger partial charge in [-0.15, -0.1) is 0 Å². The van der Waals surface area contributed by atoms with Crippen molar-refractivity contribution in [3.8, 4) is 0 Å². The molecule has 0 amide bonds. The Kier molecular flexibility index (Phi) is 6.07. The van der Waals surface area contributed by atoms with Crippen LogP contribution in [0.4, 0.5) is 22.0 Å². The molecule has 3 nitrogen and oxygen atoms in total. The van der Waals surface area contributed by atoms with Crippen molar-refractivity contribution in [1.29, 1.82) is 0 Å². The smallest absolute Gasteiger partial charge is 0.306 e. The standard InChI is InChI=1S/C12H8ClF5O3/c13-6(19)2-1-3-7(20)21-4-5-8(14)10(16)12(18)11(17)9(5)15/h1-4H2. The largest absolute Gasteiger partial charge is 0.461 e. The molecule has 0 aliphatic carbocycles. The molecule has 0 radical (unpaired) electrons. The lowest BCUT2D eigenvalue weighted by Gasteiger charge is -2.09. The third kappa shape index (κ3) is 4.38. The Morgan fingerprint density at radius 3 is 1.81 bits per heavy atom. The molecule has 0 aliphatic rings. The first-order valence-corrected chi connectivity index (χ1v) is 5.97. The summed E-state index contributed by atoms with van der Waals surface area (Å²) in [6.45, 7) is -1.11. The Bertz CT molecular complexity index is 547. The van der Waals surface area contributed by atoms with Gasteiger partial charge in [-0.3, -0.25) is 9.59 Å². The SMILES string of the molecule is O=C(Cl)CCCC(=O)OCc1c(F)c(F)c(F)c(F)c1F. The quantitative estimate of drug-likeness (QED) is 0.264. The minimum Gasteiger partial charge on any atom is -0.461 e. The van der Waals surface area contributed by atoms with Crippen molar-refractivity contribution in [3.05, 3.63) is 34.6 Å². The molecule has 0 fully saturated rings. The van der Waals surface area contributed by atoms with Gasteiger partial charge in [-0.1, -0.05) is 0 Å². The third-order valence-corrected chi connectivity index (χ3v) is 2.62. The highest BCUT2D eigenvalue weighted by atomic mass is 35.5. The zero-order valence-corrected chi connectivity index (χ0v) is 11.1. The van der Waals surface area contributed by atoms with Crippen LogP contribution in [0.2, 0.25) is 0 Å². The van der Waals surface area contributed by atoms with E-state index in [0.29, 0.717) is 0 Å². The number of hydrogen-bond donors (Lipinski definition) is 0. The molecule has 0 aliphatic heterocycles. The normalized spacial score (nSPS) is 10.6. The molecule has 0 unspecified atom stereocenters. The maximum atomic E-state index is 13.2. The molecule has 1 rings (SSSR count). The van der Waals surface area contributed by atoms with Crippen molar-refractivity contribution < 1.29 is 36.3 Å². The molecule has 0 bridgehead atoms. The van der Waals surface area contributed by atoms with Crippen LogP contribution in [0, 0.1) is 29.1 Å². The second kappa shape index (κ2) is 7.35. The first kappa shape index (κ1) is 17.4. The van der Waals surface area contributed by atoms with E-state index in [1.165, 1.54) is 0 Å². The first-order valence-electron chi connectivity index (χ1n) is 5.60. The first-order chi connectivity index (χ1) is 9.75. The summed E-state index contributed by atoms with van der Waals surface area (Å²) in [6.07, 6.45) is -0.356. The summed E-state index contributed by atoms with van der Waals surface area (Å²) in [4.78, 5) is 21.6. The molecule has 1 aromatic rings. The molecule has 0 saturated heterocycles. The van der Waals surface area contributed by atoms with Gasteiger partial charge in [0.2, 0.25) is 11.1 Å². The summed E-state index contributed by atoms with van der Waals surface area (Å²) < 4.78 is 69.4. The van der Waals surface area contributed by atoms with Crippen molar-refractivity contribution in [3.63, 3.8) is 0 Å². The molecule has 9 heteroatoms. The van der Waals surface area contributed by atoms with E-state index >= 15 is 0 Å². The lowest BCUT2D eigenvalue weighted by Crippen LogP contribution is -2.11. The van der Waals surface area contributed by atoms with Crippen molar-refractivity contribution >= 4 is 22.8 Å². The Morgan fingerprint density at radius 1 is 0.857 bits per heavy atom. The number of hydrogen-bond acceptors (Lipinski definition) is 3. The van der Waals surface area contributed by atoms with Gasteiger partial charge in [0.25, 0.3) is 0 Å². The highest BCUT2D eigenvalue weighted by molar-refractivity contribution is 6.63. The van der Waals surface area contributed by atoms with Gasteiger partial charge in [0.05, 0.1) is 5.56 Å². The van der Waals surface area contributed by atoms with E-state index in [1.807, 2.05) is 0 Å². The van der Waals surface area contributed by atoms with Crippen molar-refractivity contribution in [1.82, 2.24) is 0 Å². The molecule has 116 valence electrons. The monoisotopic (exact) mass is 330 g/mol. The molecule has 1 aromatic carbocycles. The number of ether oxygens (including phenoxy) is 1. The van der Waals surface area contributed by atoms with Crippen LogP contribution >= 0.6 is 11.6 Å². The van der Waals surface area contributed by atoms with Crippen molar-refractivity contribution in [2.75, 3.05) is 0 Å². The lowest BCUT2D eigenvalue weighted by molar-refractivity contribution is -0.145. The average molecular weight is 331 g/mol. The van der Waals surface area contributed by atoms with Crippen LogP contribution in [0.5, 0.6) is 0 Å². The van der Waals surface area contributed by atoms with E-state index in [4.69, 9.17) is 11.6 Å². The Hall–Kier alpha value is -1.70. The van der Waals surface area contributed by atoms with Gasteiger partial charge in [0.1, 0.15) is 6.61 Å². The zero-order chi connectivity index (χ0) is 16.2. The fourth-order valence-electron chi connectivity index (χ4n) is 1.37. The summed E-state index contributed by atoms with van der Waals surface area (Å²) in [6, 6.07) is 0. The van der Waals surface area contributed by atoms with E-state index in [1.54, 1.807) is 0 Å². The number of esters is 1. The number of carbonyl (C=O) groups excluding carboxylic acids is 2. The predicted octanol–water partition coefficient (Wildman–Crippen LogP) is 3.36. The van der Waals surface area contributed by atoms with Crippen LogP contribution in [-0.4, -0.2) is 11.2 Å². The van der Waals surface area contributed by atoms with Crippen LogP contribution in [0.3, 0.4) is 0 Å². The second-order valence-corrected chi connectivity index (χ2v) is 4.34. The van der Waals surface area contributed by atoms with Gasteiger partial charge < -0.3 is 4.74 Å². The van der Waals surface area contributed by atoms with Crippen LogP contribution in [0.15, 0.2) is 0 Å². The molecule has 0 aromatic heterocycles. The van der Waals surface area contributed by atoms with Gasteiger partial charge in [0, 0.05) is 12.8 Å². The van der Waals surface area contributed by atoms with E-state index < -0.39 is 52.5 Å². The van der Waals surface area contributed by atoms with Crippen molar-refractivity contribution in [2.24, 2.45) is 0 Å². The fraction of sp³-hybridized carbons (Fsp3) is 0.333. The van der Waals surface area contributed by atoms with Crippen molar-refractivity contribution in [2.45, 2.75) is 25.9 Å². The average Bonchev–Trinajstić information content (AvgIpc) is 2.42. The zero-order valence-electron chi connectivity index (χ0n) is 10.3. The van der Waals surface area contributed by atoms with Gasteiger partial charge in [-0.05, 0) is 18.0 Å². The molecule has 21 heavy (non-hydrogen) atoms. The Morgan fingerprint density at radius 2 is 1.33 bits per heavy atom. The minimum atomic E-state index is -2.29. The number of carbonyl (C=O) groups is 2. The maximum absolute atomic E-state index is 13.2. The minimum absolute atomic E-state index is 0.0400. The lowest BCUT2D eigenvalue weighted by atomic mass is 10.2. The summed E-state index contributed by atoms with van der Waals surface area (Å²) >= 11 is 5.02. The van der Waals surface area contributed by atoms with E-state index in [0.717, 1.165) is 0 Å². The molecular formula is C12H8ClF5O3. The Balaban J connectivity index is 2.72. The fourth-order valence-corrected chi connectivity index (χ4v) is 1.51. The van der Waals surface area contributed by atoms with Gasteiger partial charge >= 0.3 is 5.97 Å². The summed E-state index contributed by atoms with van der Waals surface area (Å²) in [5.74, 6) is -11.6. The van der Waals surface area contributed by atoms with E-state index in [9.17, 15) is 31.5 Å². The predicted molar refractivity (Wildman–Crippen MR) is 60.7 cm³/mol. The van der Waals surface area contributed by atoms with Crippen LogP contribution in [0.25, 0.3) is 0 Å². The second-order valence-electron chi connectivity index (χ2n) is 3.92. The maximum Gasteiger partial charge on any atom is 0.306 e. The van der Waals surface area contributed by atoms with Gasteiger partial charge in [-0.25, -0.2) is 22.0 Å². The molecule has 0 N–H and O–H groups in total. The highest BCUT2D eigenvalue weighted by Gasteiger charge is 2.26. The molecule has 0 saturated carbocycles. The topological polar surface area (TPSA) is 43.4 Å². The van der Waals surface area contributed by atoms with Crippen LogP contribution in [0.1, 0.15) is 24.8 Å².